The topological polar surface area (TPSA) is 84.0 Å². The first-order valence-corrected chi connectivity index (χ1v) is 10.9. The Labute approximate surface area is 160 Å². The molecule has 148 valence electrons. The molecule has 1 aromatic carbocycles. The van der Waals surface area contributed by atoms with E-state index >= 15 is 0 Å². The van der Waals surface area contributed by atoms with Crippen LogP contribution in [0.4, 0.5) is 5.69 Å². The SMILES string of the molecule is CC1CS(=O)(=O)N(c2cccc(C(=O)N(C)CCC3CCCCO3)c2)C1=O. The number of hydrogen-bond donors (Lipinski definition) is 0. The maximum absolute atomic E-state index is 12.7. The summed E-state index contributed by atoms with van der Waals surface area (Å²) in [5.41, 5.74) is 0.585. The Morgan fingerprint density at radius 3 is 2.74 bits per heavy atom. The van der Waals surface area contributed by atoms with Crippen molar-refractivity contribution in [3.63, 3.8) is 0 Å². The predicted octanol–water partition coefficient (Wildman–Crippen LogP) is 2.03. The van der Waals surface area contributed by atoms with Crippen molar-refractivity contribution in [3.05, 3.63) is 29.8 Å². The molecule has 1 aromatic rings. The van der Waals surface area contributed by atoms with E-state index < -0.39 is 21.8 Å². The van der Waals surface area contributed by atoms with Gasteiger partial charge in [0.05, 0.1) is 23.5 Å². The molecular formula is C19H26N2O5S. The number of carbonyl (C=O) groups is 2. The molecule has 2 atom stereocenters. The Balaban J connectivity index is 1.71. The second kappa shape index (κ2) is 7.98. The quantitative estimate of drug-likeness (QED) is 0.763. The first-order chi connectivity index (χ1) is 12.8. The highest BCUT2D eigenvalue weighted by molar-refractivity contribution is 7.94. The molecule has 2 unspecified atom stereocenters. The molecule has 0 radical (unpaired) electrons. The van der Waals surface area contributed by atoms with E-state index in [1.807, 2.05) is 0 Å². The highest BCUT2D eigenvalue weighted by Crippen LogP contribution is 2.29. The summed E-state index contributed by atoms with van der Waals surface area (Å²) in [4.78, 5) is 26.6. The Bertz CT molecular complexity index is 817. The van der Waals surface area contributed by atoms with Gasteiger partial charge in [0.25, 0.3) is 5.91 Å². The Kier molecular flexibility index (Phi) is 5.86. The van der Waals surface area contributed by atoms with Crippen LogP contribution < -0.4 is 4.31 Å². The van der Waals surface area contributed by atoms with Crippen LogP contribution >= 0.6 is 0 Å². The zero-order valence-electron chi connectivity index (χ0n) is 15.8. The molecule has 2 saturated heterocycles. The van der Waals surface area contributed by atoms with Crippen LogP contribution in [-0.2, 0) is 19.6 Å². The van der Waals surface area contributed by atoms with Crippen molar-refractivity contribution in [2.45, 2.75) is 38.7 Å². The lowest BCUT2D eigenvalue weighted by Gasteiger charge is -2.25. The van der Waals surface area contributed by atoms with E-state index in [2.05, 4.69) is 0 Å². The summed E-state index contributed by atoms with van der Waals surface area (Å²) in [7, 11) is -1.96. The van der Waals surface area contributed by atoms with Gasteiger partial charge in [0, 0.05) is 25.8 Å². The Morgan fingerprint density at radius 1 is 1.33 bits per heavy atom. The van der Waals surface area contributed by atoms with Gasteiger partial charge >= 0.3 is 0 Å². The van der Waals surface area contributed by atoms with Crippen molar-refractivity contribution in [2.75, 3.05) is 30.3 Å². The molecule has 0 N–H and O–H groups in total. The summed E-state index contributed by atoms with van der Waals surface area (Å²) in [5, 5.41) is 0. The van der Waals surface area contributed by atoms with Gasteiger partial charge in [-0.25, -0.2) is 12.7 Å². The maximum Gasteiger partial charge on any atom is 0.253 e. The lowest BCUT2D eigenvalue weighted by atomic mass is 10.1. The van der Waals surface area contributed by atoms with Crippen molar-refractivity contribution >= 4 is 27.5 Å². The molecule has 0 aliphatic carbocycles. The van der Waals surface area contributed by atoms with Crippen LogP contribution in [0.15, 0.2) is 24.3 Å². The Hall–Kier alpha value is -1.93. The molecule has 3 rings (SSSR count). The molecule has 2 amide bonds. The van der Waals surface area contributed by atoms with Gasteiger partial charge in [-0.2, -0.15) is 0 Å². The molecule has 0 aromatic heterocycles. The molecule has 0 bridgehead atoms. The van der Waals surface area contributed by atoms with E-state index in [-0.39, 0.29) is 23.5 Å². The van der Waals surface area contributed by atoms with Crippen molar-refractivity contribution in [2.24, 2.45) is 5.92 Å². The van der Waals surface area contributed by atoms with Crippen molar-refractivity contribution < 1.29 is 22.7 Å². The van der Waals surface area contributed by atoms with E-state index in [9.17, 15) is 18.0 Å². The first kappa shape index (κ1) is 19.8. The summed E-state index contributed by atoms with van der Waals surface area (Å²) >= 11 is 0. The van der Waals surface area contributed by atoms with E-state index in [1.165, 1.54) is 6.07 Å². The van der Waals surface area contributed by atoms with Gasteiger partial charge in [-0.15, -0.1) is 0 Å². The van der Waals surface area contributed by atoms with Gasteiger partial charge in [0.2, 0.25) is 15.9 Å². The molecule has 2 aliphatic rings. The number of amides is 2. The number of anilines is 1. The van der Waals surface area contributed by atoms with Gasteiger partial charge < -0.3 is 9.64 Å². The van der Waals surface area contributed by atoms with Crippen LogP contribution in [0, 0.1) is 5.92 Å². The number of sulfonamides is 1. The monoisotopic (exact) mass is 394 g/mol. The molecular weight excluding hydrogens is 368 g/mol. The minimum Gasteiger partial charge on any atom is -0.378 e. The van der Waals surface area contributed by atoms with Crippen LogP contribution in [0.25, 0.3) is 0 Å². The molecule has 2 heterocycles. The second-order valence-electron chi connectivity index (χ2n) is 7.34. The number of benzene rings is 1. The first-order valence-electron chi connectivity index (χ1n) is 9.33. The zero-order chi connectivity index (χ0) is 19.6. The molecule has 2 fully saturated rings. The number of carbonyl (C=O) groups excluding carboxylic acids is 2. The third-order valence-corrected chi connectivity index (χ3v) is 6.96. The van der Waals surface area contributed by atoms with Gasteiger partial charge in [-0.05, 0) is 43.9 Å². The third kappa shape index (κ3) is 4.32. The standard InChI is InChI=1S/C19H26N2O5S/c1-14-13-27(24,25)21(18(14)22)16-7-5-6-15(12-16)19(23)20(2)10-9-17-8-3-4-11-26-17/h5-7,12,14,17H,3-4,8-11,13H2,1-2H3. The number of nitrogens with zero attached hydrogens (tertiary/aromatic N) is 2. The lowest BCUT2D eigenvalue weighted by Crippen LogP contribution is -2.32. The fourth-order valence-electron chi connectivity index (χ4n) is 3.55. The summed E-state index contributed by atoms with van der Waals surface area (Å²) in [6.07, 6.45) is 4.23. The van der Waals surface area contributed by atoms with E-state index in [0.717, 1.165) is 36.6 Å². The number of hydrogen-bond acceptors (Lipinski definition) is 5. The van der Waals surface area contributed by atoms with Gasteiger partial charge in [-0.3, -0.25) is 9.59 Å². The highest BCUT2D eigenvalue weighted by atomic mass is 32.2. The van der Waals surface area contributed by atoms with Crippen LogP contribution in [0.1, 0.15) is 43.0 Å². The molecule has 7 nitrogen and oxygen atoms in total. The Morgan fingerprint density at radius 2 is 2.11 bits per heavy atom. The smallest absolute Gasteiger partial charge is 0.253 e. The average molecular weight is 394 g/mol. The zero-order valence-corrected chi connectivity index (χ0v) is 16.6. The van der Waals surface area contributed by atoms with Crippen LogP contribution in [-0.4, -0.2) is 57.2 Å². The van der Waals surface area contributed by atoms with Crippen molar-refractivity contribution in [1.82, 2.24) is 4.90 Å². The van der Waals surface area contributed by atoms with E-state index in [1.54, 1.807) is 37.1 Å². The van der Waals surface area contributed by atoms with E-state index in [0.29, 0.717) is 12.1 Å². The molecule has 27 heavy (non-hydrogen) atoms. The summed E-state index contributed by atoms with van der Waals surface area (Å²) < 4.78 is 31.1. The minimum absolute atomic E-state index is 0.189. The second-order valence-corrected chi connectivity index (χ2v) is 9.20. The van der Waals surface area contributed by atoms with Gasteiger partial charge in [0.15, 0.2) is 0 Å². The van der Waals surface area contributed by atoms with Crippen molar-refractivity contribution in [1.29, 1.82) is 0 Å². The fraction of sp³-hybridized carbons (Fsp3) is 0.579. The highest BCUT2D eigenvalue weighted by Gasteiger charge is 2.42. The van der Waals surface area contributed by atoms with Gasteiger partial charge in [-0.1, -0.05) is 13.0 Å². The van der Waals surface area contributed by atoms with Crippen LogP contribution in [0.5, 0.6) is 0 Å². The maximum atomic E-state index is 12.7. The van der Waals surface area contributed by atoms with Crippen LogP contribution in [0.2, 0.25) is 0 Å². The van der Waals surface area contributed by atoms with E-state index in [4.69, 9.17) is 4.74 Å². The number of ether oxygens (including phenoxy) is 1. The molecule has 2 aliphatic heterocycles. The lowest BCUT2D eigenvalue weighted by molar-refractivity contribution is -0.119. The summed E-state index contributed by atoms with van der Waals surface area (Å²) in [6, 6.07) is 6.26. The van der Waals surface area contributed by atoms with Crippen LogP contribution in [0.3, 0.4) is 0 Å². The van der Waals surface area contributed by atoms with Gasteiger partial charge in [0.1, 0.15) is 0 Å². The minimum atomic E-state index is -3.68. The third-order valence-electron chi connectivity index (χ3n) is 5.10. The summed E-state index contributed by atoms with van der Waals surface area (Å²) in [6.45, 7) is 2.93. The molecule has 8 heteroatoms. The molecule has 0 spiro atoms. The van der Waals surface area contributed by atoms with Crippen molar-refractivity contribution in [3.8, 4) is 0 Å². The fourth-order valence-corrected chi connectivity index (χ4v) is 5.36. The average Bonchev–Trinajstić information content (AvgIpc) is 2.86. The molecule has 0 saturated carbocycles. The predicted molar refractivity (Wildman–Crippen MR) is 102 cm³/mol. The number of rotatable bonds is 5. The normalized spacial score (nSPS) is 24.8. The largest absolute Gasteiger partial charge is 0.378 e. The summed E-state index contributed by atoms with van der Waals surface area (Å²) in [5.74, 6) is -1.44.